The zero-order valence-corrected chi connectivity index (χ0v) is 34.4. The summed E-state index contributed by atoms with van der Waals surface area (Å²) >= 11 is 1.81. The first-order valence-corrected chi connectivity index (χ1v) is 22.0. The Bertz CT molecular complexity index is 4220. The maximum Gasteiger partial charge on any atom is 0.164 e. The lowest BCUT2D eigenvalue weighted by Gasteiger charge is -2.18. The normalized spacial score (nSPS) is 12.1. The van der Waals surface area contributed by atoms with Crippen molar-refractivity contribution in [2.75, 3.05) is 0 Å². The molecular weight excluding hydrogens is 789 g/mol. The van der Waals surface area contributed by atoms with E-state index in [9.17, 15) is 0 Å². The van der Waals surface area contributed by atoms with Gasteiger partial charge in [0.2, 0.25) is 0 Å². The molecule has 0 spiro atoms. The summed E-state index contributed by atoms with van der Waals surface area (Å²) < 4.78 is 11.6. The molecule has 0 N–H and O–H groups in total. The van der Waals surface area contributed by atoms with Gasteiger partial charge in [-0.15, -0.1) is 11.3 Å². The van der Waals surface area contributed by atoms with E-state index in [0.717, 1.165) is 82.3 Å². The summed E-state index contributed by atoms with van der Waals surface area (Å²) in [6.07, 6.45) is 0. The van der Waals surface area contributed by atoms with Crippen molar-refractivity contribution in [1.29, 1.82) is 0 Å². The van der Waals surface area contributed by atoms with Gasteiger partial charge in [-0.1, -0.05) is 133 Å². The fraction of sp³-hybridized carbons (Fsp3) is 0. The average molecular weight is 821 g/mol. The van der Waals surface area contributed by atoms with E-state index in [2.05, 4.69) is 174 Å². The first kappa shape index (κ1) is 34.5. The van der Waals surface area contributed by atoms with E-state index in [4.69, 9.17) is 19.4 Å². The second-order valence-electron chi connectivity index (χ2n) is 16.3. The molecule has 0 fully saturated rings. The summed E-state index contributed by atoms with van der Waals surface area (Å²) in [6.45, 7) is 0. The SMILES string of the molecule is c1ccc(-c2nc(-c3ccc4sc5ccccc5c4c3)nc(-c3cc(-n4c5ccccc5c5c6oc7ccccc7c6ccc54)cc4c5ccccc5c5ccccc5c34)n2)cc1. The Morgan fingerprint density at radius 2 is 0.984 bits per heavy atom. The van der Waals surface area contributed by atoms with E-state index in [-0.39, 0.29) is 0 Å². The van der Waals surface area contributed by atoms with Crippen LogP contribution >= 0.6 is 11.3 Å². The number of para-hydroxylation sites is 2. The van der Waals surface area contributed by atoms with Gasteiger partial charge in [0.25, 0.3) is 0 Å². The second-order valence-corrected chi connectivity index (χ2v) is 17.4. The largest absolute Gasteiger partial charge is 0.455 e. The number of nitrogens with zero attached hydrogens (tertiary/aromatic N) is 4. The third-order valence-corrected chi connectivity index (χ3v) is 14.0. The van der Waals surface area contributed by atoms with E-state index in [1.165, 1.54) is 36.3 Å². The second kappa shape index (κ2) is 13.2. The minimum Gasteiger partial charge on any atom is -0.455 e. The lowest BCUT2D eigenvalue weighted by molar-refractivity contribution is 0.673. The third-order valence-electron chi connectivity index (χ3n) is 12.8. The van der Waals surface area contributed by atoms with Gasteiger partial charge < -0.3 is 8.98 Å². The van der Waals surface area contributed by atoms with Gasteiger partial charge in [-0.25, -0.2) is 15.0 Å². The number of thiophene rings is 1. The van der Waals surface area contributed by atoms with Crippen LogP contribution in [0.5, 0.6) is 0 Å². The molecule has 292 valence electrons. The van der Waals surface area contributed by atoms with Gasteiger partial charge in [0, 0.05) is 64.1 Å². The van der Waals surface area contributed by atoms with Crippen molar-refractivity contribution in [3.63, 3.8) is 0 Å². The van der Waals surface area contributed by atoms with E-state index in [1.807, 2.05) is 35.6 Å². The Morgan fingerprint density at radius 3 is 1.81 bits per heavy atom. The molecule has 0 bridgehead atoms. The fourth-order valence-electron chi connectivity index (χ4n) is 10.0. The molecule has 0 aliphatic carbocycles. The van der Waals surface area contributed by atoms with Gasteiger partial charge >= 0.3 is 0 Å². The van der Waals surface area contributed by atoms with Crippen LogP contribution in [0.3, 0.4) is 0 Å². The first-order chi connectivity index (χ1) is 31.2. The number of hydrogen-bond acceptors (Lipinski definition) is 5. The first-order valence-electron chi connectivity index (χ1n) is 21.2. The molecule has 0 unspecified atom stereocenters. The summed E-state index contributed by atoms with van der Waals surface area (Å²) in [6, 6.07) is 69.1. The molecule has 6 heteroatoms. The molecule has 0 saturated heterocycles. The van der Waals surface area contributed by atoms with Crippen LogP contribution < -0.4 is 0 Å². The minimum atomic E-state index is 0.613. The van der Waals surface area contributed by atoms with E-state index < -0.39 is 0 Å². The monoisotopic (exact) mass is 820 g/mol. The Labute approximate surface area is 363 Å². The van der Waals surface area contributed by atoms with Gasteiger partial charge in [-0.2, -0.15) is 0 Å². The molecule has 5 nitrogen and oxygen atoms in total. The maximum atomic E-state index is 6.71. The molecule has 0 radical (unpaired) electrons. The molecule has 10 aromatic carbocycles. The highest BCUT2D eigenvalue weighted by atomic mass is 32.1. The summed E-state index contributed by atoms with van der Waals surface area (Å²) in [5, 5.41) is 13.8. The molecule has 4 aromatic heterocycles. The zero-order chi connectivity index (χ0) is 41.2. The van der Waals surface area contributed by atoms with Crippen LogP contribution in [0.25, 0.3) is 136 Å². The van der Waals surface area contributed by atoms with Crippen LogP contribution in [0, 0.1) is 0 Å². The zero-order valence-electron chi connectivity index (χ0n) is 33.6. The van der Waals surface area contributed by atoms with Crippen molar-refractivity contribution in [3.05, 3.63) is 194 Å². The predicted molar refractivity (Wildman–Crippen MR) is 263 cm³/mol. The Balaban J connectivity index is 1.12. The number of aromatic nitrogens is 4. The molecule has 4 heterocycles. The quantitative estimate of drug-likeness (QED) is 0.166. The molecule has 0 saturated carbocycles. The van der Waals surface area contributed by atoms with Crippen molar-refractivity contribution in [3.8, 4) is 39.9 Å². The van der Waals surface area contributed by atoms with Gasteiger partial charge in [-0.05, 0) is 87.6 Å². The van der Waals surface area contributed by atoms with Crippen molar-refractivity contribution in [2.24, 2.45) is 0 Å². The van der Waals surface area contributed by atoms with Crippen molar-refractivity contribution < 1.29 is 4.42 Å². The molecule has 0 amide bonds. The van der Waals surface area contributed by atoms with Gasteiger partial charge in [0.05, 0.1) is 16.4 Å². The summed E-state index contributed by atoms with van der Waals surface area (Å²) in [5.41, 5.74) is 7.75. The van der Waals surface area contributed by atoms with Crippen LogP contribution in [0.2, 0.25) is 0 Å². The Kier molecular flexibility index (Phi) is 7.21. The molecular formula is C57H32N4OS. The summed E-state index contributed by atoms with van der Waals surface area (Å²) in [7, 11) is 0. The fourth-order valence-corrected chi connectivity index (χ4v) is 11.1. The van der Waals surface area contributed by atoms with E-state index >= 15 is 0 Å². The Hall–Kier alpha value is -8.19. The van der Waals surface area contributed by atoms with Gasteiger partial charge in [0.15, 0.2) is 17.5 Å². The molecule has 63 heavy (non-hydrogen) atoms. The molecule has 14 aromatic rings. The molecule has 0 aliphatic heterocycles. The smallest absolute Gasteiger partial charge is 0.164 e. The van der Waals surface area contributed by atoms with Gasteiger partial charge in [-0.3, -0.25) is 0 Å². The summed E-state index contributed by atoms with van der Waals surface area (Å²) in [5.74, 6) is 1.87. The molecule has 14 rings (SSSR count). The third kappa shape index (κ3) is 5.07. The van der Waals surface area contributed by atoms with E-state index in [0.29, 0.717) is 17.5 Å². The van der Waals surface area contributed by atoms with E-state index in [1.54, 1.807) is 0 Å². The maximum absolute atomic E-state index is 6.71. The number of hydrogen-bond donors (Lipinski definition) is 0. The topological polar surface area (TPSA) is 56.7 Å². The number of fused-ring (bicyclic) bond motifs is 16. The number of rotatable bonds is 4. The van der Waals surface area contributed by atoms with Crippen LogP contribution in [0.4, 0.5) is 0 Å². The lowest BCUT2D eigenvalue weighted by atomic mass is 9.91. The number of furan rings is 1. The molecule has 0 aliphatic rings. The van der Waals surface area contributed by atoms with Crippen LogP contribution in [0.15, 0.2) is 199 Å². The van der Waals surface area contributed by atoms with Crippen molar-refractivity contribution in [1.82, 2.24) is 19.5 Å². The predicted octanol–water partition coefficient (Wildman–Crippen LogP) is 15.7. The number of benzene rings is 10. The highest BCUT2D eigenvalue weighted by Crippen LogP contribution is 2.45. The average Bonchev–Trinajstić information content (AvgIpc) is 4.03. The molecule has 0 atom stereocenters. The van der Waals surface area contributed by atoms with Crippen molar-refractivity contribution >= 4 is 108 Å². The van der Waals surface area contributed by atoms with Crippen LogP contribution in [-0.4, -0.2) is 19.5 Å². The highest BCUT2D eigenvalue weighted by molar-refractivity contribution is 7.25. The summed E-state index contributed by atoms with van der Waals surface area (Å²) in [4.78, 5) is 16.1. The minimum absolute atomic E-state index is 0.613. The standard InChI is InChI=1S/C57H32N4OS/c1-2-14-33(15-3-1)55-58-56(34-26-29-51-44(30-34)40-20-10-13-25-50(40)63-51)60-57(59-55)46-32-35(31-45-38-18-5-4-16-36(38)37-17-6-7-21-41(37)52(45)46)61-47-23-11-8-22-43(47)53-48(61)28-27-42-39-19-9-12-24-49(39)62-54(42)53/h1-32H. The van der Waals surface area contributed by atoms with Crippen LogP contribution in [-0.2, 0) is 0 Å². The lowest BCUT2D eigenvalue weighted by Crippen LogP contribution is -2.02. The van der Waals surface area contributed by atoms with Gasteiger partial charge in [0.1, 0.15) is 11.2 Å². The highest BCUT2D eigenvalue weighted by Gasteiger charge is 2.23. The van der Waals surface area contributed by atoms with Crippen molar-refractivity contribution in [2.45, 2.75) is 0 Å². The Morgan fingerprint density at radius 1 is 0.365 bits per heavy atom. The van der Waals surface area contributed by atoms with Crippen LogP contribution in [0.1, 0.15) is 0 Å².